The molecule has 0 amide bonds. The second kappa shape index (κ2) is 7.01. The number of aryl methyl sites for hydroxylation is 1. The Morgan fingerprint density at radius 3 is 2.71 bits per heavy atom. The summed E-state index contributed by atoms with van der Waals surface area (Å²) in [5.74, 6) is -0.377. The maximum Gasteiger partial charge on any atom is 0.125 e. The summed E-state index contributed by atoms with van der Waals surface area (Å²) in [4.78, 5) is 0. The Balaban J connectivity index is 2.36. The SMILES string of the molecule is CCCNCc1ccc(C)c(-c2cc(F)cc(C#N)c2)c1. The zero-order valence-corrected chi connectivity index (χ0v) is 12.4. The zero-order valence-electron chi connectivity index (χ0n) is 12.4. The molecule has 21 heavy (non-hydrogen) atoms. The van der Waals surface area contributed by atoms with Crippen LogP contribution in [-0.4, -0.2) is 6.54 Å². The van der Waals surface area contributed by atoms with Crippen molar-refractivity contribution in [3.63, 3.8) is 0 Å². The number of hydrogen-bond acceptors (Lipinski definition) is 2. The smallest absolute Gasteiger partial charge is 0.125 e. The summed E-state index contributed by atoms with van der Waals surface area (Å²) in [7, 11) is 0. The fraction of sp³-hybridized carbons (Fsp3) is 0.278. The molecular formula is C18H19FN2. The number of halogens is 1. The molecule has 2 aromatic rings. The molecule has 0 saturated carbocycles. The third kappa shape index (κ3) is 3.90. The van der Waals surface area contributed by atoms with Gasteiger partial charge in [-0.25, -0.2) is 4.39 Å². The first-order valence-electron chi connectivity index (χ1n) is 7.15. The Kier molecular flexibility index (Phi) is 5.08. The number of nitrogens with zero attached hydrogens (tertiary/aromatic N) is 1. The predicted molar refractivity (Wildman–Crippen MR) is 83.3 cm³/mol. The van der Waals surface area contributed by atoms with Crippen LogP contribution in [0.1, 0.15) is 30.0 Å². The fourth-order valence-electron chi connectivity index (χ4n) is 2.31. The van der Waals surface area contributed by atoms with Crippen LogP contribution in [0.2, 0.25) is 0 Å². The molecule has 0 heterocycles. The molecule has 2 rings (SSSR count). The van der Waals surface area contributed by atoms with Gasteiger partial charge in [-0.15, -0.1) is 0 Å². The molecular weight excluding hydrogens is 263 g/mol. The number of benzene rings is 2. The van der Waals surface area contributed by atoms with Gasteiger partial charge in [0, 0.05) is 6.54 Å². The fourth-order valence-corrected chi connectivity index (χ4v) is 2.31. The number of rotatable bonds is 5. The molecule has 3 heteroatoms. The molecule has 2 nitrogen and oxygen atoms in total. The van der Waals surface area contributed by atoms with Crippen LogP contribution in [0.15, 0.2) is 36.4 Å². The van der Waals surface area contributed by atoms with E-state index < -0.39 is 0 Å². The van der Waals surface area contributed by atoms with Crippen LogP contribution in [-0.2, 0) is 6.54 Å². The minimum absolute atomic E-state index is 0.346. The Morgan fingerprint density at radius 1 is 1.19 bits per heavy atom. The van der Waals surface area contributed by atoms with Gasteiger partial charge in [-0.1, -0.05) is 19.1 Å². The summed E-state index contributed by atoms with van der Waals surface area (Å²) >= 11 is 0. The highest BCUT2D eigenvalue weighted by Crippen LogP contribution is 2.26. The second-order valence-electron chi connectivity index (χ2n) is 5.17. The molecule has 0 saturated heterocycles. The maximum atomic E-state index is 13.6. The number of nitrogens with one attached hydrogen (secondary N) is 1. The van der Waals surface area contributed by atoms with E-state index in [1.54, 1.807) is 6.07 Å². The van der Waals surface area contributed by atoms with E-state index in [9.17, 15) is 4.39 Å². The summed E-state index contributed by atoms with van der Waals surface area (Å²) in [5.41, 5.74) is 4.30. The molecule has 0 unspecified atom stereocenters. The molecule has 0 atom stereocenters. The Morgan fingerprint density at radius 2 is 2.00 bits per heavy atom. The van der Waals surface area contributed by atoms with Gasteiger partial charge in [0.15, 0.2) is 0 Å². The van der Waals surface area contributed by atoms with Gasteiger partial charge in [0.2, 0.25) is 0 Å². The highest BCUT2D eigenvalue weighted by Gasteiger charge is 2.07. The van der Waals surface area contributed by atoms with Crippen LogP contribution in [0.5, 0.6) is 0 Å². The van der Waals surface area contributed by atoms with Gasteiger partial charge in [0.25, 0.3) is 0 Å². The second-order valence-corrected chi connectivity index (χ2v) is 5.17. The number of hydrogen-bond donors (Lipinski definition) is 1. The first-order chi connectivity index (χ1) is 10.1. The highest BCUT2D eigenvalue weighted by molar-refractivity contribution is 5.69. The molecule has 0 aromatic heterocycles. The largest absolute Gasteiger partial charge is 0.313 e. The van der Waals surface area contributed by atoms with Crippen molar-refractivity contribution in [1.29, 1.82) is 5.26 Å². The van der Waals surface area contributed by atoms with E-state index in [2.05, 4.69) is 24.4 Å². The predicted octanol–water partition coefficient (Wildman–Crippen LogP) is 4.17. The molecule has 0 bridgehead atoms. The van der Waals surface area contributed by atoms with Gasteiger partial charge < -0.3 is 5.32 Å². The zero-order chi connectivity index (χ0) is 15.2. The van der Waals surface area contributed by atoms with Crippen LogP contribution in [0, 0.1) is 24.1 Å². The lowest BCUT2D eigenvalue weighted by atomic mass is 9.96. The normalized spacial score (nSPS) is 10.4. The molecule has 0 aliphatic heterocycles. The summed E-state index contributed by atoms with van der Waals surface area (Å²) in [6.45, 7) is 5.89. The van der Waals surface area contributed by atoms with E-state index in [1.165, 1.54) is 12.1 Å². The molecule has 1 N–H and O–H groups in total. The van der Waals surface area contributed by atoms with Crippen LogP contribution in [0.3, 0.4) is 0 Å². The lowest BCUT2D eigenvalue weighted by Crippen LogP contribution is -2.13. The van der Waals surface area contributed by atoms with Gasteiger partial charge in [-0.05, 0) is 66.4 Å². The molecule has 0 aliphatic carbocycles. The average Bonchev–Trinajstić information content (AvgIpc) is 2.48. The van der Waals surface area contributed by atoms with Crippen molar-refractivity contribution in [2.24, 2.45) is 0 Å². The van der Waals surface area contributed by atoms with Crippen LogP contribution < -0.4 is 5.32 Å². The van der Waals surface area contributed by atoms with E-state index >= 15 is 0 Å². The van der Waals surface area contributed by atoms with E-state index in [0.717, 1.165) is 41.8 Å². The van der Waals surface area contributed by atoms with E-state index in [-0.39, 0.29) is 5.82 Å². The monoisotopic (exact) mass is 282 g/mol. The number of nitriles is 1. The van der Waals surface area contributed by atoms with Gasteiger partial charge in [-0.3, -0.25) is 0 Å². The minimum Gasteiger partial charge on any atom is -0.313 e. The first kappa shape index (κ1) is 15.2. The molecule has 0 fully saturated rings. The summed E-state index contributed by atoms with van der Waals surface area (Å²) in [5, 5.41) is 12.3. The summed E-state index contributed by atoms with van der Waals surface area (Å²) in [6.07, 6.45) is 1.09. The minimum atomic E-state index is -0.377. The molecule has 2 aromatic carbocycles. The van der Waals surface area contributed by atoms with Crippen LogP contribution in [0.25, 0.3) is 11.1 Å². The van der Waals surface area contributed by atoms with Crippen molar-refractivity contribution in [3.8, 4) is 17.2 Å². The van der Waals surface area contributed by atoms with Gasteiger partial charge >= 0.3 is 0 Å². The van der Waals surface area contributed by atoms with Crippen LogP contribution >= 0.6 is 0 Å². The third-order valence-corrected chi connectivity index (χ3v) is 3.40. The highest BCUT2D eigenvalue weighted by atomic mass is 19.1. The Labute approximate surface area is 125 Å². The van der Waals surface area contributed by atoms with Crippen molar-refractivity contribution in [2.45, 2.75) is 26.8 Å². The van der Waals surface area contributed by atoms with Gasteiger partial charge in [-0.2, -0.15) is 5.26 Å². The topological polar surface area (TPSA) is 35.8 Å². The molecule has 0 spiro atoms. The van der Waals surface area contributed by atoms with Gasteiger partial charge in [0.1, 0.15) is 5.82 Å². The summed E-state index contributed by atoms with van der Waals surface area (Å²) in [6, 6.07) is 12.6. The summed E-state index contributed by atoms with van der Waals surface area (Å²) < 4.78 is 13.6. The third-order valence-electron chi connectivity index (χ3n) is 3.40. The molecule has 0 aliphatic rings. The van der Waals surface area contributed by atoms with E-state index in [4.69, 9.17) is 5.26 Å². The van der Waals surface area contributed by atoms with E-state index in [1.807, 2.05) is 19.1 Å². The van der Waals surface area contributed by atoms with E-state index in [0.29, 0.717) is 5.56 Å². The van der Waals surface area contributed by atoms with Crippen molar-refractivity contribution in [3.05, 3.63) is 58.9 Å². The van der Waals surface area contributed by atoms with Gasteiger partial charge in [0.05, 0.1) is 11.6 Å². The lowest BCUT2D eigenvalue weighted by molar-refractivity contribution is 0.628. The molecule has 108 valence electrons. The Hall–Kier alpha value is -2.18. The molecule has 0 radical (unpaired) electrons. The lowest BCUT2D eigenvalue weighted by Gasteiger charge is -2.10. The quantitative estimate of drug-likeness (QED) is 0.835. The van der Waals surface area contributed by atoms with Crippen molar-refractivity contribution in [2.75, 3.05) is 6.54 Å². The van der Waals surface area contributed by atoms with Crippen LogP contribution in [0.4, 0.5) is 4.39 Å². The standard InChI is InChI=1S/C18H19FN2/c1-3-6-21-12-14-5-4-13(2)18(9-14)16-7-15(11-20)8-17(19)10-16/h4-5,7-10,21H,3,6,12H2,1-2H3. The van der Waals surface area contributed by atoms with Crippen molar-refractivity contribution >= 4 is 0 Å². The first-order valence-corrected chi connectivity index (χ1v) is 7.15. The van der Waals surface area contributed by atoms with Crippen molar-refractivity contribution < 1.29 is 4.39 Å². The Bertz CT molecular complexity index is 671. The maximum absolute atomic E-state index is 13.6. The average molecular weight is 282 g/mol. The van der Waals surface area contributed by atoms with Crippen molar-refractivity contribution in [1.82, 2.24) is 5.32 Å².